The molecule has 0 fully saturated rings. The number of aliphatic hydroxyl groups is 1. The minimum absolute atomic E-state index is 0.138. The summed E-state index contributed by atoms with van der Waals surface area (Å²) in [6.07, 6.45) is -1.08. The van der Waals surface area contributed by atoms with E-state index in [0.29, 0.717) is 0 Å². The topological polar surface area (TPSA) is 20.2 Å². The van der Waals surface area contributed by atoms with Gasteiger partial charge in [-0.1, -0.05) is 18.2 Å². The number of halogens is 4. The average Bonchev–Trinajstić information content (AvgIpc) is 2.39. The van der Waals surface area contributed by atoms with E-state index < -0.39 is 23.6 Å². The van der Waals surface area contributed by atoms with Crippen LogP contribution in [-0.4, -0.2) is 5.11 Å². The summed E-state index contributed by atoms with van der Waals surface area (Å²) in [5.74, 6) is -4.15. The minimum atomic E-state index is -1.56. The molecule has 5 heteroatoms. The van der Waals surface area contributed by atoms with E-state index in [0.717, 1.165) is 21.3 Å². The van der Waals surface area contributed by atoms with E-state index in [-0.39, 0.29) is 12.0 Å². The lowest BCUT2D eigenvalue weighted by Gasteiger charge is -2.12. The summed E-state index contributed by atoms with van der Waals surface area (Å²) in [4.78, 5) is 0. The van der Waals surface area contributed by atoms with Crippen LogP contribution in [0, 0.1) is 21.0 Å². The largest absolute Gasteiger partial charge is 0.388 e. The van der Waals surface area contributed by atoms with Gasteiger partial charge in [-0.25, -0.2) is 13.2 Å². The Morgan fingerprint density at radius 2 is 1.58 bits per heavy atom. The molecule has 0 saturated heterocycles. The van der Waals surface area contributed by atoms with Gasteiger partial charge in [-0.15, -0.1) is 0 Å². The molecule has 1 unspecified atom stereocenters. The highest BCUT2D eigenvalue weighted by Gasteiger charge is 2.19. The molecule has 19 heavy (non-hydrogen) atoms. The zero-order valence-electron chi connectivity index (χ0n) is 9.71. The van der Waals surface area contributed by atoms with Crippen molar-refractivity contribution in [3.05, 3.63) is 68.5 Å². The van der Waals surface area contributed by atoms with Crippen LogP contribution in [0.15, 0.2) is 36.4 Å². The van der Waals surface area contributed by atoms with Gasteiger partial charge in [0.25, 0.3) is 0 Å². The number of rotatable bonds is 3. The van der Waals surface area contributed by atoms with Crippen LogP contribution < -0.4 is 0 Å². The van der Waals surface area contributed by atoms with Crippen LogP contribution in [-0.2, 0) is 6.42 Å². The molecule has 1 N–H and O–H groups in total. The molecule has 0 aliphatic carbocycles. The van der Waals surface area contributed by atoms with E-state index in [1.54, 1.807) is 12.1 Å². The number of hydrogen-bond acceptors (Lipinski definition) is 1. The molecule has 2 aromatic carbocycles. The summed E-state index contributed by atoms with van der Waals surface area (Å²) in [5, 5.41) is 9.91. The van der Waals surface area contributed by atoms with Crippen LogP contribution in [0.3, 0.4) is 0 Å². The lowest BCUT2D eigenvalue weighted by atomic mass is 10.0. The molecule has 0 saturated carbocycles. The monoisotopic (exact) mass is 378 g/mol. The van der Waals surface area contributed by atoms with Crippen LogP contribution in [0.5, 0.6) is 0 Å². The summed E-state index contributed by atoms with van der Waals surface area (Å²) >= 11 is 2.14. The molecule has 100 valence electrons. The Morgan fingerprint density at radius 3 is 2.21 bits per heavy atom. The predicted octanol–water partition coefficient (Wildman–Crippen LogP) is 3.98. The van der Waals surface area contributed by atoms with Crippen molar-refractivity contribution in [2.24, 2.45) is 0 Å². The zero-order valence-corrected chi connectivity index (χ0v) is 11.9. The van der Waals surface area contributed by atoms with Gasteiger partial charge in [0.05, 0.1) is 6.10 Å². The van der Waals surface area contributed by atoms with Crippen molar-refractivity contribution >= 4 is 22.6 Å². The fraction of sp³-hybridized carbons (Fsp3) is 0.143. The van der Waals surface area contributed by atoms with Crippen LogP contribution >= 0.6 is 22.6 Å². The Labute approximate surface area is 122 Å². The first-order chi connectivity index (χ1) is 8.99. The third-order valence-electron chi connectivity index (χ3n) is 2.77. The van der Waals surface area contributed by atoms with E-state index in [1.807, 2.05) is 12.1 Å². The highest BCUT2D eigenvalue weighted by atomic mass is 127. The first-order valence-electron chi connectivity index (χ1n) is 5.55. The molecule has 2 aromatic rings. The SMILES string of the molecule is OC(Cc1ccc(I)cc1)c1ccc(F)c(F)c1F. The Bertz CT molecular complexity index is 584. The van der Waals surface area contributed by atoms with Crippen LogP contribution in [0.2, 0.25) is 0 Å². The fourth-order valence-electron chi connectivity index (χ4n) is 1.75. The average molecular weight is 378 g/mol. The highest BCUT2D eigenvalue weighted by Crippen LogP contribution is 2.24. The van der Waals surface area contributed by atoms with Crippen molar-refractivity contribution in [1.29, 1.82) is 0 Å². The van der Waals surface area contributed by atoms with E-state index in [1.165, 1.54) is 0 Å². The normalized spacial score (nSPS) is 12.5. The van der Waals surface area contributed by atoms with Gasteiger partial charge >= 0.3 is 0 Å². The lowest BCUT2D eigenvalue weighted by Crippen LogP contribution is -2.07. The first-order valence-corrected chi connectivity index (χ1v) is 6.63. The molecule has 0 aromatic heterocycles. The lowest BCUT2D eigenvalue weighted by molar-refractivity contribution is 0.172. The highest BCUT2D eigenvalue weighted by molar-refractivity contribution is 14.1. The molecule has 0 radical (unpaired) electrons. The molecular formula is C14H10F3IO. The summed E-state index contributed by atoms with van der Waals surface area (Å²) in [5.41, 5.74) is 0.550. The van der Waals surface area contributed by atoms with E-state index in [9.17, 15) is 18.3 Å². The van der Waals surface area contributed by atoms with Gasteiger partial charge < -0.3 is 5.11 Å². The molecule has 0 aliphatic rings. The standard InChI is InChI=1S/C14H10F3IO/c15-11-6-5-10(13(16)14(11)17)12(19)7-8-1-3-9(18)4-2-8/h1-6,12,19H,7H2. The van der Waals surface area contributed by atoms with Gasteiger partial charge in [-0.3, -0.25) is 0 Å². The number of benzene rings is 2. The smallest absolute Gasteiger partial charge is 0.194 e. The predicted molar refractivity (Wildman–Crippen MR) is 74.1 cm³/mol. The van der Waals surface area contributed by atoms with Crippen molar-refractivity contribution in [2.75, 3.05) is 0 Å². The summed E-state index contributed by atoms with van der Waals surface area (Å²) in [7, 11) is 0. The third-order valence-corrected chi connectivity index (χ3v) is 3.49. The maximum absolute atomic E-state index is 13.5. The molecule has 0 heterocycles. The Hall–Kier alpha value is -1.08. The number of hydrogen-bond donors (Lipinski definition) is 1. The van der Waals surface area contributed by atoms with Crippen LogP contribution in [0.25, 0.3) is 0 Å². The van der Waals surface area contributed by atoms with Crippen molar-refractivity contribution in [1.82, 2.24) is 0 Å². The molecule has 0 bridgehead atoms. The van der Waals surface area contributed by atoms with Crippen molar-refractivity contribution in [3.8, 4) is 0 Å². The molecular weight excluding hydrogens is 368 g/mol. The fourth-order valence-corrected chi connectivity index (χ4v) is 2.11. The summed E-state index contributed by atoms with van der Waals surface area (Å²) in [6.45, 7) is 0. The first kappa shape index (κ1) is 14.3. The van der Waals surface area contributed by atoms with E-state index in [2.05, 4.69) is 22.6 Å². The second-order valence-corrected chi connectivity index (χ2v) is 5.36. The van der Waals surface area contributed by atoms with Gasteiger partial charge in [0.2, 0.25) is 0 Å². The molecule has 1 atom stereocenters. The van der Waals surface area contributed by atoms with Crippen molar-refractivity contribution in [3.63, 3.8) is 0 Å². The minimum Gasteiger partial charge on any atom is -0.388 e. The van der Waals surface area contributed by atoms with Gasteiger partial charge in [0, 0.05) is 15.6 Å². The van der Waals surface area contributed by atoms with Gasteiger partial charge in [-0.2, -0.15) is 0 Å². The Balaban J connectivity index is 2.23. The zero-order chi connectivity index (χ0) is 14.0. The van der Waals surface area contributed by atoms with Crippen molar-refractivity contribution in [2.45, 2.75) is 12.5 Å². The van der Waals surface area contributed by atoms with Crippen molar-refractivity contribution < 1.29 is 18.3 Å². The van der Waals surface area contributed by atoms with Gasteiger partial charge in [0.1, 0.15) is 0 Å². The second-order valence-electron chi connectivity index (χ2n) is 4.11. The van der Waals surface area contributed by atoms with Crippen LogP contribution in [0.1, 0.15) is 17.2 Å². The third kappa shape index (κ3) is 3.27. The van der Waals surface area contributed by atoms with E-state index >= 15 is 0 Å². The maximum atomic E-state index is 13.5. The molecule has 2 rings (SSSR count). The second kappa shape index (κ2) is 5.92. The Morgan fingerprint density at radius 1 is 0.947 bits per heavy atom. The number of aliphatic hydroxyl groups excluding tert-OH is 1. The molecule has 0 aliphatic heterocycles. The molecule has 0 amide bonds. The van der Waals surface area contributed by atoms with Gasteiger partial charge in [-0.05, 0) is 46.4 Å². The molecule has 0 spiro atoms. The van der Waals surface area contributed by atoms with E-state index in [4.69, 9.17) is 0 Å². The quantitative estimate of drug-likeness (QED) is 0.633. The Kier molecular flexibility index (Phi) is 4.46. The summed E-state index contributed by atoms with van der Waals surface area (Å²) in [6, 6.07) is 9.16. The summed E-state index contributed by atoms with van der Waals surface area (Å²) < 4.78 is 40.4. The maximum Gasteiger partial charge on any atom is 0.194 e. The molecule has 1 nitrogen and oxygen atoms in total. The van der Waals surface area contributed by atoms with Gasteiger partial charge in [0.15, 0.2) is 17.5 Å². The van der Waals surface area contributed by atoms with Crippen LogP contribution in [0.4, 0.5) is 13.2 Å².